The summed E-state index contributed by atoms with van der Waals surface area (Å²) < 4.78 is 47.4. The highest BCUT2D eigenvalue weighted by molar-refractivity contribution is 7.98. The zero-order chi connectivity index (χ0) is 31.0. The van der Waals surface area contributed by atoms with E-state index in [1.54, 1.807) is 60.3 Å². The number of rotatable bonds is 12. The monoisotopic (exact) mass is 620 g/mol. The van der Waals surface area contributed by atoms with Crippen LogP contribution in [0.25, 0.3) is 11.1 Å². The first-order chi connectivity index (χ1) is 20.6. The summed E-state index contributed by atoms with van der Waals surface area (Å²) in [6, 6.07) is 25.2. The number of carbonyl (C=O) groups excluding carboxylic acids is 2. The summed E-state index contributed by atoms with van der Waals surface area (Å²) in [6.07, 6.45) is 2.32. The second-order valence-electron chi connectivity index (χ2n) is 9.83. The number of aryl methyl sites for hydroxylation is 1. The Bertz CT molecular complexity index is 1680. The minimum atomic E-state index is -4.08. The zero-order valence-electron chi connectivity index (χ0n) is 24.1. The standard InChI is InChI=1S/C33H33FN2O5S2/c1-23-9-7-8-12-28(23)30-21-24(13-18-29(30)32(37)35-31(19-20-42-3)33(38)41-2)22-36(26-10-5-4-6-11-26)43(39,40)27-16-14-25(34)15-17-27/h4-18,21,31H,19-20,22H2,1-3H3,(H,35,37). The lowest BCUT2D eigenvalue weighted by atomic mass is 9.93. The molecular formula is C33H33FN2O5S2. The predicted molar refractivity (Wildman–Crippen MR) is 169 cm³/mol. The van der Waals surface area contributed by atoms with Gasteiger partial charge in [0.25, 0.3) is 15.9 Å². The lowest BCUT2D eigenvalue weighted by molar-refractivity contribution is -0.142. The molecule has 0 aliphatic carbocycles. The summed E-state index contributed by atoms with van der Waals surface area (Å²) in [6.45, 7) is 1.87. The minimum Gasteiger partial charge on any atom is -0.467 e. The molecule has 0 fully saturated rings. The normalized spacial score (nSPS) is 11.9. The highest BCUT2D eigenvalue weighted by Gasteiger charge is 2.27. The van der Waals surface area contributed by atoms with Gasteiger partial charge in [-0.05, 0) is 96.1 Å². The molecule has 1 amide bonds. The van der Waals surface area contributed by atoms with Crippen molar-refractivity contribution in [1.82, 2.24) is 5.32 Å². The van der Waals surface area contributed by atoms with Gasteiger partial charge in [0.2, 0.25) is 0 Å². The third-order valence-electron chi connectivity index (χ3n) is 6.94. The van der Waals surface area contributed by atoms with Crippen LogP contribution in [-0.2, 0) is 26.1 Å². The Labute approximate surface area is 256 Å². The van der Waals surface area contributed by atoms with Crippen molar-refractivity contribution >= 4 is 39.3 Å². The van der Waals surface area contributed by atoms with Crippen molar-refractivity contribution in [2.24, 2.45) is 0 Å². The maximum absolute atomic E-state index is 13.8. The molecule has 0 bridgehead atoms. The number of sulfonamides is 1. The Morgan fingerprint density at radius 3 is 2.26 bits per heavy atom. The highest BCUT2D eigenvalue weighted by atomic mass is 32.2. The van der Waals surface area contributed by atoms with Crippen LogP contribution in [0.3, 0.4) is 0 Å². The summed E-state index contributed by atoms with van der Waals surface area (Å²) in [5, 5.41) is 2.82. The Kier molecular flexibility index (Phi) is 10.6. The van der Waals surface area contributed by atoms with Crippen LogP contribution in [0.2, 0.25) is 0 Å². The third-order valence-corrected chi connectivity index (χ3v) is 9.37. The fraction of sp³-hybridized carbons (Fsp3) is 0.212. The average molecular weight is 621 g/mol. The molecule has 1 unspecified atom stereocenters. The molecule has 0 saturated heterocycles. The lowest BCUT2D eigenvalue weighted by Crippen LogP contribution is -2.42. The molecule has 0 aromatic heterocycles. The maximum atomic E-state index is 13.8. The number of benzene rings is 4. The second kappa shape index (κ2) is 14.3. The molecule has 43 heavy (non-hydrogen) atoms. The number of carbonyl (C=O) groups is 2. The van der Waals surface area contributed by atoms with Gasteiger partial charge in [-0.25, -0.2) is 17.6 Å². The first-order valence-electron chi connectivity index (χ1n) is 13.6. The molecule has 0 spiro atoms. The van der Waals surface area contributed by atoms with Crippen molar-refractivity contribution in [1.29, 1.82) is 0 Å². The van der Waals surface area contributed by atoms with E-state index >= 15 is 0 Å². The smallest absolute Gasteiger partial charge is 0.328 e. The molecular weight excluding hydrogens is 588 g/mol. The molecule has 1 atom stereocenters. The Balaban J connectivity index is 1.78. The molecule has 4 aromatic carbocycles. The first-order valence-corrected chi connectivity index (χ1v) is 16.4. The molecule has 0 aliphatic heterocycles. The van der Waals surface area contributed by atoms with Crippen molar-refractivity contribution in [3.8, 4) is 11.1 Å². The zero-order valence-corrected chi connectivity index (χ0v) is 25.8. The summed E-state index contributed by atoms with van der Waals surface area (Å²) in [5.74, 6) is -0.854. The van der Waals surface area contributed by atoms with Crippen molar-refractivity contribution < 1.29 is 27.1 Å². The van der Waals surface area contributed by atoms with E-state index < -0.39 is 33.8 Å². The number of methoxy groups -OCH3 is 1. The largest absolute Gasteiger partial charge is 0.467 e. The fourth-order valence-electron chi connectivity index (χ4n) is 4.66. The number of hydrogen-bond acceptors (Lipinski definition) is 6. The van der Waals surface area contributed by atoms with Crippen LogP contribution in [0.5, 0.6) is 0 Å². The van der Waals surface area contributed by atoms with Crippen LogP contribution >= 0.6 is 11.8 Å². The number of nitrogens with one attached hydrogen (secondary N) is 1. The molecule has 10 heteroatoms. The van der Waals surface area contributed by atoms with Gasteiger partial charge in [0.15, 0.2) is 0 Å². The lowest BCUT2D eigenvalue weighted by Gasteiger charge is -2.25. The second-order valence-corrected chi connectivity index (χ2v) is 12.7. The van der Waals surface area contributed by atoms with E-state index in [9.17, 15) is 22.4 Å². The predicted octanol–water partition coefficient (Wildman–Crippen LogP) is 6.22. The van der Waals surface area contributed by atoms with Crippen LogP contribution < -0.4 is 9.62 Å². The van der Waals surface area contributed by atoms with Crippen molar-refractivity contribution in [2.45, 2.75) is 30.8 Å². The Morgan fingerprint density at radius 1 is 0.930 bits per heavy atom. The van der Waals surface area contributed by atoms with E-state index in [2.05, 4.69) is 5.32 Å². The molecule has 4 aromatic rings. The number of nitrogens with zero attached hydrogens (tertiary/aromatic N) is 1. The topological polar surface area (TPSA) is 92.8 Å². The summed E-state index contributed by atoms with van der Waals surface area (Å²) in [5.41, 5.74) is 3.69. The van der Waals surface area contributed by atoms with Gasteiger partial charge < -0.3 is 10.1 Å². The van der Waals surface area contributed by atoms with Gasteiger partial charge in [-0.3, -0.25) is 9.10 Å². The van der Waals surface area contributed by atoms with E-state index in [4.69, 9.17) is 4.74 Å². The average Bonchev–Trinajstić information content (AvgIpc) is 3.02. The van der Waals surface area contributed by atoms with Crippen LogP contribution in [-0.4, -0.2) is 45.5 Å². The highest BCUT2D eigenvalue weighted by Crippen LogP contribution is 2.31. The summed E-state index contributed by atoms with van der Waals surface area (Å²) in [7, 11) is -2.80. The van der Waals surface area contributed by atoms with Crippen molar-refractivity contribution in [2.75, 3.05) is 23.4 Å². The molecule has 0 heterocycles. The number of hydrogen-bond donors (Lipinski definition) is 1. The van der Waals surface area contributed by atoms with Gasteiger partial charge in [-0.2, -0.15) is 11.8 Å². The first kappa shape index (κ1) is 31.8. The number of esters is 1. The van der Waals surface area contributed by atoms with E-state index in [0.717, 1.165) is 23.3 Å². The van der Waals surface area contributed by atoms with Crippen LogP contribution in [0.4, 0.5) is 10.1 Å². The third kappa shape index (κ3) is 7.63. The van der Waals surface area contributed by atoms with Gasteiger partial charge in [0.05, 0.1) is 24.2 Å². The Morgan fingerprint density at radius 2 is 1.60 bits per heavy atom. The van der Waals surface area contributed by atoms with Crippen LogP contribution in [0, 0.1) is 12.7 Å². The SMILES string of the molecule is COC(=O)C(CCSC)NC(=O)c1ccc(CN(c2ccccc2)S(=O)(=O)c2ccc(F)cc2)cc1-c1ccccc1C. The number of thioether (sulfide) groups is 1. The molecule has 1 N–H and O–H groups in total. The summed E-state index contributed by atoms with van der Waals surface area (Å²) >= 11 is 1.56. The number of halogens is 1. The van der Waals surface area contributed by atoms with Crippen molar-refractivity contribution in [3.05, 3.63) is 120 Å². The molecule has 0 radical (unpaired) electrons. The van der Waals surface area contributed by atoms with Crippen LogP contribution in [0.15, 0.2) is 102 Å². The molecule has 0 aliphatic rings. The molecule has 224 valence electrons. The molecule has 7 nitrogen and oxygen atoms in total. The minimum absolute atomic E-state index is 0.0491. The van der Waals surface area contributed by atoms with Crippen LogP contribution in [0.1, 0.15) is 27.9 Å². The van der Waals surface area contributed by atoms with Gasteiger partial charge in [0.1, 0.15) is 11.9 Å². The van der Waals surface area contributed by atoms with Gasteiger partial charge >= 0.3 is 5.97 Å². The molecule has 4 rings (SSSR count). The van der Waals surface area contributed by atoms with E-state index in [1.807, 2.05) is 37.4 Å². The maximum Gasteiger partial charge on any atom is 0.328 e. The number of amides is 1. The number of anilines is 1. The Hall–Kier alpha value is -4.15. The van der Waals surface area contributed by atoms with Crippen molar-refractivity contribution in [3.63, 3.8) is 0 Å². The number of ether oxygens (including phenoxy) is 1. The van der Waals surface area contributed by atoms with E-state index in [1.165, 1.54) is 23.5 Å². The van der Waals surface area contributed by atoms with Gasteiger partial charge in [-0.15, -0.1) is 0 Å². The quantitative estimate of drug-likeness (QED) is 0.189. The van der Waals surface area contributed by atoms with E-state index in [0.29, 0.717) is 34.6 Å². The number of para-hydroxylation sites is 1. The summed E-state index contributed by atoms with van der Waals surface area (Å²) in [4.78, 5) is 26.0. The molecule has 0 saturated carbocycles. The fourth-order valence-corrected chi connectivity index (χ4v) is 6.58. The van der Waals surface area contributed by atoms with Gasteiger partial charge in [0, 0.05) is 5.56 Å². The van der Waals surface area contributed by atoms with E-state index in [-0.39, 0.29) is 11.4 Å². The van der Waals surface area contributed by atoms with Gasteiger partial charge in [-0.1, -0.05) is 48.5 Å².